The molecule has 0 N–H and O–H groups in total. The minimum Gasteiger partial charge on any atom is -0.617 e. The Morgan fingerprint density at radius 3 is 2.31 bits per heavy atom. The Hall–Kier alpha value is -4.07. The minimum atomic E-state index is -2.23. The Kier molecular flexibility index (Phi) is 7.22. The molecule has 7 heteroatoms. The molecule has 0 radical (unpaired) electrons. The lowest BCUT2D eigenvalue weighted by molar-refractivity contribution is -0.858. The van der Waals surface area contributed by atoms with Crippen LogP contribution in [0.2, 0.25) is 0 Å². The first kappa shape index (κ1) is 26.8. The maximum Gasteiger partial charge on any atom is 0.617 e. The zero-order chi connectivity index (χ0) is 28.4. The Bertz CT molecular complexity index is 1540. The van der Waals surface area contributed by atoms with Crippen LogP contribution in [0, 0.1) is 5.92 Å². The van der Waals surface area contributed by atoms with E-state index in [0.717, 1.165) is 29.0 Å². The highest BCUT2D eigenvalue weighted by Crippen LogP contribution is 2.51. The summed E-state index contributed by atoms with van der Waals surface area (Å²) in [5, 5.41) is 5.58. The normalized spacial score (nSPS) is 27.5. The van der Waals surface area contributed by atoms with Crippen LogP contribution in [0.5, 0.6) is 5.75 Å². The average molecular weight is 561 g/mol. The molecule has 0 amide bonds. The van der Waals surface area contributed by atoms with Gasteiger partial charge in [0.25, 0.3) is 0 Å². The standard InChI is InChI=1S/C35H37BN2O4/c1-39-31-22-20-30(21-23-31)35-37-38(26-28-14-7-3-8-15-28)32(24-19-27-12-5-2-6-13-27)34(29-16-9-4-10-17-29)41-36(38,42-35)33-18-11-25-40-33/h2,4-6,9-13,16-25,28,32,34H,3,7-8,14-15,26H2,1H3/b24-19+/t32-,34+,36?,38+/m0/s1. The number of benzene rings is 3. The summed E-state index contributed by atoms with van der Waals surface area (Å²) in [7, 11) is 1.68. The van der Waals surface area contributed by atoms with Gasteiger partial charge in [-0.2, -0.15) is 0 Å². The zero-order valence-electron chi connectivity index (χ0n) is 24.0. The summed E-state index contributed by atoms with van der Waals surface area (Å²) in [6, 6.07) is 32.6. The lowest BCUT2D eigenvalue weighted by atomic mass is 9.64. The molecule has 0 bridgehead atoms. The summed E-state index contributed by atoms with van der Waals surface area (Å²) in [4.78, 5) is 0. The van der Waals surface area contributed by atoms with Crippen LogP contribution in [0.1, 0.15) is 54.9 Å². The quantitative estimate of drug-likeness (QED) is 0.216. The molecule has 42 heavy (non-hydrogen) atoms. The molecule has 1 unspecified atom stereocenters. The number of ether oxygens (including phenoxy) is 1. The van der Waals surface area contributed by atoms with Crippen LogP contribution in [0.25, 0.3) is 6.08 Å². The van der Waals surface area contributed by atoms with Gasteiger partial charge in [0.2, 0.25) is 5.90 Å². The van der Waals surface area contributed by atoms with Crippen molar-refractivity contribution in [2.45, 2.75) is 44.2 Å². The maximum atomic E-state index is 7.27. The number of hydrogen-bond acceptors (Lipinski definition) is 5. The Labute approximate surface area is 247 Å². The van der Waals surface area contributed by atoms with Crippen LogP contribution < -0.4 is 10.4 Å². The number of quaternary nitrogens is 1. The Morgan fingerprint density at radius 1 is 0.881 bits per heavy atom. The molecule has 1 saturated carbocycles. The minimum absolute atomic E-state index is 0.143. The van der Waals surface area contributed by atoms with E-state index >= 15 is 0 Å². The van der Waals surface area contributed by atoms with E-state index in [9.17, 15) is 0 Å². The van der Waals surface area contributed by atoms with Crippen molar-refractivity contribution < 1.29 is 23.0 Å². The fourth-order valence-corrected chi connectivity index (χ4v) is 7.18. The van der Waals surface area contributed by atoms with Crippen LogP contribution >= 0.6 is 0 Å². The lowest BCUT2D eigenvalue weighted by Gasteiger charge is -2.45. The van der Waals surface area contributed by atoms with Crippen LogP contribution in [-0.4, -0.2) is 36.8 Å². The molecule has 2 aliphatic heterocycles. The van der Waals surface area contributed by atoms with Crippen molar-refractivity contribution in [3.63, 3.8) is 0 Å². The predicted octanol–water partition coefficient (Wildman–Crippen LogP) is 7.08. The molecule has 0 spiro atoms. The Balaban J connectivity index is 1.43. The van der Waals surface area contributed by atoms with Gasteiger partial charge in [0.05, 0.1) is 25.6 Å². The molecule has 214 valence electrons. The van der Waals surface area contributed by atoms with Gasteiger partial charge in [0.1, 0.15) is 17.9 Å². The number of methoxy groups -OCH3 is 1. The molecule has 4 atom stereocenters. The maximum absolute atomic E-state index is 7.27. The van der Waals surface area contributed by atoms with Gasteiger partial charge in [0.15, 0.2) is 0 Å². The van der Waals surface area contributed by atoms with Gasteiger partial charge in [0, 0.05) is 11.5 Å². The SMILES string of the molecule is COc1ccc(C2=N[N@+]3(CC4CCCCC4)[C@@H](/C=C/c4ccccc4)[C@@H](c4ccccc4)O[B-]3(c3ccco3)O2)cc1. The highest BCUT2D eigenvalue weighted by molar-refractivity contribution is 6.76. The van der Waals surface area contributed by atoms with E-state index in [-0.39, 0.29) is 12.1 Å². The summed E-state index contributed by atoms with van der Waals surface area (Å²) in [5.74, 6) is 1.87. The molecule has 3 aliphatic rings. The van der Waals surface area contributed by atoms with Crippen LogP contribution in [0.4, 0.5) is 0 Å². The van der Waals surface area contributed by atoms with Crippen molar-refractivity contribution in [3.8, 4) is 5.75 Å². The molecule has 1 aliphatic carbocycles. The molecule has 4 aromatic rings. The number of rotatable bonds is 8. The number of hydrogen-bond donors (Lipinski definition) is 0. The topological polar surface area (TPSA) is 53.2 Å². The average Bonchev–Trinajstić information content (AvgIpc) is 3.75. The number of fused-ring (bicyclic) bond motifs is 1. The second-order valence-electron chi connectivity index (χ2n) is 11.7. The van der Waals surface area contributed by atoms with E-state index in [1.807, 2.05) is 48.5 Å². The van der Waals surface area contributed by atoms with Gasteiger partial charge in [-0.25, -0.2) is 0 Å². The van der Waals surface area contributed by atoms with Gasteiger partial charge in [-0.05, 0) is 66.4 Å². The van der Waals surface area contributed by atoms with E-state index in [4.69, 9.17) is 23.6 Å². The van der Waals surface area contributed by atoms with Crippen molar-refractivity contribution in [1.82, 2.24) is 0 Å². The van der Waals surface area contributed by atoms with Gasteiger partial charge >= 0.3 is 6.69 Å². The summed E-state index contributed by atoms with van der Waals surface area (Å²) in [6.07, 6.45) is 12.1. The second kappa shape index (κ2) is 11.3. The van der Waals surface area contributed by atoms with E-state index in [1.54, 1.807) is 13.4 Å². The van der Waals surface area contributed by atoms with Crippen molar-refractivity contribution in [1.29, 1.82) is 0 Å². The van der Waals surface area contributed by atoms with Gasteiger partial charge in [-0.3, -0.25) is 0 Å². The number of nitrogens with zero attached hydrogens (tertiary/aromatic N) is 2. The van der Waals surface area contributed by atoms with Gasteiger partial charge in [-0.15, -0.1) is 0 Å². The third-order valence-corrected chi connectivity index (χ3v) is 9.22. The smallest absolute Gasteiger partial charge is 0.617 e. The molecule has 1 saturated heterocycles. The highest BCUT2D eigenvalue weighted by Gasteiger charge is 2.72. The van der Waals surface area contributed by atoms with Crippen molar-refractivity contribution >= 4 is 24.3 Å². The van der Waals surface area contributed by atoms with Crippen LogP contribution in [-0.2, 0) is 9.31 Å². The largest absolute Gasteiger partial charge is 0.617 e. The third kappa shape index (κ3) is 4.67. The number of furan rings is 1. The fraction of sp³-hybridized carbons (Fsp3) is 0.286. The van der Waals surface area contributed by atoms with E-state index < -0.39 is 6.69 Å². The molecule has 3 heterocycles. The fourth-order valence-electron chi connectivity index (χ4n) is 7.18. The summed E-state index contributed by atoms with van der Waals surface area (Å²) in [6.45, 7) is -1.41. The zero-order valence-corrected chi connectivity index (χ0v) is 24.0. The summed E-state index contributed by atoms with van der Waals surface area (Å²) < 4.78 is 26.2. The first-order chi connectivity index (χ1) is 20.7. The predicted molar refractivity (Wildman–Crippen MR) is 166 cm³/mol. The van der Waals surface area contributed by atoms with Gasteiger partial charge in [-0.1, -0.05) is 91.1 Å². The van der Waals surface area contributed by atoms with Gasteiger partial charge < -0.3 is 23.0 Å². The molecule has 3 aromatic carbocycles. The Morgan fingerprint density at radius 2 is 1.62 bits per heavy atom. The van der Waals surface area contributed by atoms with Crippen LogP contribution in [0.3, 0.4) is 0 Å². The molecule has 7 rings (SSSR count). The van der Waals surface area contributed by atoms with E-state index in [1.165, 1.54) is 32.1 Å². The first-order valence-corrected chi connectivity index (χ1v) is 15.2. The molecule has 1 aromatic heterocycles. The van der Waals surface area contributed by atoms with E-state index in [0.29, 0.717) is 22.0 Å². The van der Waals surface area contributed by atoms with E-state index in [2.05, 4.69) is 60.7 Å². The third-order valence-electron chi connectivity index (χ3n) is 9.22. The first-order valence-electron chi connectivity index (χ1n) is 15.2. The van der Waals surface area contributed by atoms with Crippen LogP contribution in [0.15, 0.2) is 119 Å². The van der Waals surface area contributed by atoms with Crippen molar-refractivity contribution in [2.24, 2.45) is 11.0 Å². The highest BCUT2D eigenvalue weighted by atomic mass is 16.7. The molecular formula is C35H37BN2O4. The van der Waals surface area contributed by atoms with Crippen molar-refractivity contribution in [2.75, 3.05) is 13.7 Å². The summed E-state index contributed by atoms with van der Waals surface area (Å²) >= 11 is 0. The molecular weight excluding hydrogens is 523 g/mol. The molecule has 6 nitrogen and oxygen atoms in total. The lowest BCUT2D eigenvalue weighted by Crippen LogP contribution is -2.71. The molecule has 2 fully saturated rings. The monoisotopic (exact) mass is 560 g/mol. The van der Waals surface area contributed by atoms with Crippen molar-refractivity contribution in [3.05, 3.63) is 126 Å². The second-order valence-corrected chi connectivity index (χ2v) is 11.7. The summed E-state index contributed by atoms with van der Waals surface area (Å²) in [5.41, 5.74) is 3.83.